The number of carbonyl (C=O) groups excluding carboxylic acids is 5. The molecule has 0 aromatic rings. The lowest BCUT2D eigenvalue weighted by Gasteiger charge is -2.41. The van der Waals surface area contributed by atoms with Gasteiger partial charge in [-0.1, -0.05) is 45.6 Å². The van der Waals surface area contributed by atoms with Crippen molar-refractivity contribution in [3.63, 3.8) is 0 Å². The molecule has 2 aliphatic carbocycles. The second-order valence-corrected chi connectivity index (χ2v) is 13.3. The van der Waals surface area contributed by atoms with Crippen LogP contribution in [-0.4, -0.2) is 91.6 Å². The Kier molecular flexibility index (Phi) is 14.5. The Hall–Kier alpha value is -4.05. The SMILES string of the molecule is C/C=C(/C)C(=O)O[C@H]1C(C)=C2[C@H]([C@@H]1OC(=O)CCCCCCC)[C@@](C)(OC(C)=O)C[C@H](OC(=O)CCC)[C@@]1(O)[C@H]2OC(=O)[C@@]1(C)O.O=[N+]([O-])O. The number of rotatable bonds is 13. The standard InChI is InChI=1S/C34H50O12.HNO3/c1-9-12-13-14-15-17-24(37)43-28-26-25(20(5)27(28)44-30(38)19(4)11-3)29-34(41,33(8,40)31(39)45-29)22(42-23(36)16-10-2)18-32(26,7)46-21(6)35;2-1(3)4/h11,22,26-29,40-41H,9-10,12-18H2,1-8H3;(H,2,3,4)/b19-11-;/t22-,26+,27-,28-,29-,32-,33+,34+;/m0./s1. The van der Waals surface area contributed by atoms with Crippen LogP contribution in [0.3, 0.4) is 0 Å². The van der Waals surface area contributed by atoms with Crippen LogP contribution >= 0.6 is 0 Å². The molecule has 0 aromatic carbocycles. The summed E-state index contributed by atoms with van der Waals surface area (Å²) in [6.45, 7) is 12.4. The highest BCUT2D eigenvalue weighted by Gasteiger charge is 2.76. The number of esters is 5. The van der Waals surface area contributed by atoms with Gasteiger partial charge in [-0.3, -0.25) is 14.4 Å². The van der Waals surface area contributed by atoms with Crippen molar-refractivity contribution < 1.29 is 68.2 Å². The molecular weight excluding hydrogens is 662 g/mol. The van der Waals surface area contributed by atoms with Crippen LogP contribution in [0.25, 0.3) is 0 Å². The van der Waals surface area contributed by atoms with Gasteiger partial charge in [-0.25, -0.2) is 9.59 Å². The average molecular weight is 714 g/mol. The number of hydrogen-bond donors (Lipinski definition) is 3. The molecule has 16 heteroatoms. The molecule has 1 saturated carbocycles. The van der Waals surface area contributed by atoms with Crippen LogP contribution in [0, 0.1) is 16.0 Å². The lowest BCUT2D eigenvalue weighted by atomic mass is 9.75. The average Bonchev–Trinajstić information content (AvgIpc) is 3.34. The molecule has 0 aromatic heterocycles. The maximum absolute atomic E-state index is 13.3. The Morgan fingerprint density at radius 1 is 0.980 bits per heavy atom. The molecule has 0 spiro atoms. The van der Waals surface area contributed by atoms with Crippen molar-refractivity contribution in [3.05, 3.63) is 32.9 Å². The van der Waals surface area contributed by atoms with Crippen molar-refractivity contribution in [2.24, 2.45) is 5.92 Å². The summed E-state index contributed by atoms with van der Waals surface area (Å²) in [5.41, 5.74) is -6.12. The summed E-state index contributed by atoms with van der Waals surface area (Å²) < 4.78 is 29.3. The van der Waals surface area contributed by atoms with E-state index in [4.69, 9.17) is 39.0 Å². The van der Waals surface area contributed by atoms with Crippen LogP contribution in [0.15, 0.2) is 22.8 Å². The van der Waals surface area contributed by atoms with E-state index in [9.17, 15) is 34.2 Å². The fourth-order valence-electron chi connectivity index (χ4n) is 6.90. The minimum absolute atomic E-state index is 0.0234. The Balaban J connectivity index is 0.00000205. The highest BCUT2D eigenvalue weighted by molar-refractivity contribution is 5.88. The van der Waals surface area contributed by atoms with E-state index < -0.39 is 88.5 Å². The predicted molar refractivity (Wildman–Crippen MR) is 173 cm³/mol. The first-order valence-electron chi connectivity index (χ1n) is 16.8. The highest BCUT2D eigenvalue weighted by Crippen LogP contribution is 2.57. The molecule has 0 bridgehead atoms. The van der Waals surface area contributed by atoms with E-state index in [2.05, 4.69) is 6.92 Å². The maximum atomic E-state index is 13.3. The van der Waals surface area contributed by atoms with Crippen molar-refractivity contribution in [2.45, 2.75) is 154 Å². The molecule has 16 nitrogen and oxygen atoms in total. The van der Waals surface area contributed by atoms with Gasteiger partial charge in [0.1, 0.15) is 11.7 Å². The fraction of sp³-hybridized carbons (Fsp3) is 0.735. The minimum atomic E-state index is -2.57. The van der Waals surface area contributed by atoms with Gasteiger partial charge in [-0.05, 0) is 58.6 Å². The summed E-state index contributed by atoms with van der Waals surface area (Å²) in [7, 11) is 0. The zero-order chi connectivity index (χ0) is 38.2. The summed E-state index contributed by atoms with van der Waals surface area (Å²) in [6, 6.07) is 0. The van der Waals surface area contributed by atoms with Crippen molar-refractivity contribution in [1.82, 2.24) is 0 Å². The van der Waals surface area contributed by atoms with Gasteiger partial charge in [0.25, 0.3) is 5.09 Å². The third-order valence-electron chi connectivity index (χ3n) is 9.51. The van der Waals surface area contributed by atoms with Crippen LogP contribution in [0.1, 0.15) is 113 Å². The van der Waals surface area contributed by atoms with Crippen molar-refractivity contribution in [3.8, 4) is 0 Å². The van der Waals surface area contributed by atoms with Crippen LogP contribution in [-0.2, 0) is 47.7 Å². The first-order chi connectivity index (χ1) is 23.2. The van der Waals surface area contributed by atoms with E-state index in [0.717, 1.165) is 32.6 Å². The summed E-state index contributed by atoms with van der Waals surface area (Å²) in [5, 5.41) is 37.5. The normalized spacial score (nSPS) is 31.6. The molecule has 3 N–H and O–H groups in total. The third kappa shape index (κ3) is 8.99. The number of carbonyl (C=O) groups is 5. The van der Waals surface area contributed by atoms with Crippen molar-refractivity contribution in [1.29, 1.82) is 0 Å². The van der Waals surface area contributed by atoms with Gasteiger partial charge in [-0.2, -0.15) is 0 Å². The molecule has 282 valence electrons. The van der Waals surface area contributed by atoms with E-state index in [0.29, 0.717) is 12.8 Å². The Bertz CT molecular complexity index is 1370. The first-order valence-corrected chi connectivity index (χ1v) is 16.8. The molecule has 2 fully saturated rings. The molecule has 0 radical (unpaired) electrons. The molecule has 3 rings (SSSR count). The summed E-state index contributed by atoms with van der Waals surface area (Å²) in [4.78, 5) is 73.4. The molecule has 8 atom stereocenters. The van der Waals surface area contributed by atoms with E-state index in [1.165, 1.54) is 13.8 Å². The van der Waals surface area contributed by atoms with Crippen molar-refractivity contribution >= 4 is 29.8 Å². The summed E-state index contributed by atoms with van der Waals surface area (Å²) >= 11 is 0. The first kappa shape index (κ1) is 42.1. The summed E-state index contributed by atoms with van der Waals surface area (Å²) in [5.74, 6) is -5.03. The molecule has 0 amide bonds. The van der Waals surface area contributed by atoms with Gasteiger partial charge in [0, 0.05) is 31.8 Å². The number of nitrogens with zero attached hydrogens (tertiary/aromatic N) is 1. The van der Waals surface area contributed by atoms with E-state index in [-0.39, 0.29) is 29.6 Å². The molecule has 3 aliphatic rings. The van der Waals surface area contributed by atoms with Gasteiger partial charge in [-0.15, -0.1) is 10.1 Å². The van der Waals surface area contributed by atoms with Gasteiger partial charge >= 0.3 is 29.8 Å². The van der Waals surface area contributed by atoms with Gasteiger partial charge in [0.05, 0.1) is 5.92 Å². The number of unbranched alkanes of at least 4 members (excludes halogenated alkanes) is 4. The molecule has 1 saturated heterocycles. The Morgan fingerprint density at radius 3 is 2.10 bits per heavy atom. The van der Waals surface area contributed by atoms with Crippen LogP contribution in [0.2, 0.25) is 0 Å². The van der Waals surface area contributed by atoms with Crippen LogP contribution < -0.4 is 0 Å². The molecule has 1 heterocycles. The van der Waals surface area contributed by atoms with Crippen LogP contribution in [0.4, 0.5) is 0 Å². The van der Waals surface area contributed by atoms with Gasteiger partial charge in [0.15, 0.2) is 29.5 Å². The lowest BCUT2D eigenvalue weighted by Crippen LogP contribution is -2.64. The molecular formula is C34H51NO15. The van der Waals surface area contributed by atoms with E-state index in [1.807, 2.05) is 0 Å². The topological polar surface area (TPSA) is 235 Å². The zero-order valence-corrected chi connectivity index (χ0v) is 30.0. The second kappa shape index (κ2) is 17.2. The Morgan fingerprint density at radius 2 is 1.56 bits per heavy atom. The fourth-order valence-corrected chi connectivity index (χ4v) is 6.90. The zero-order valence-electron chi connectivity index (χ0n) is 30.0. The number of ether oxygens (including phenoxy) is 5. The molecule has 1 aliphatic heterocycles. The van der Waals surface area contributed by atoms with Crippen LogP contribution in [0.5, 0.6) is 0 Å². The smallest absolute Gasteiger partial charge is 0.341 e. The predicted octanol–water partition coefficient (Wildman–Crippen LogP) is 3.58. The second-order valence-electron chi connectivity index (χ2n) is 13.3. The number of hydrogen-bond acceptors (Lipinski definition) is 14. The largest absolute Gasteiger partial charge is 0.459 e. The van der Waals surface area contributed by atoms with E-state index >= 15 is 0 Å². The number of allylic oxidation sites excluding steroid dienone is 1. The quantitative estimate of drug-likeness (QED) is 0.0470. The van der Waals surface area contributed by atoms with Gasteiger partial charge in [0.2, 0.25) is 0 Å². The lowest BCUT2D eigenvalue weighted by molar-refractivity contribution is -0.742. The number of fused-ring (bicyclic) bond motifs is 3. The highest BCUT2D eigenvalue weighted by atomic mass is 16.9. The number of aliphatic hydroxyl groups is 2. The monoisotopic (exact) mass is 713 g/mol. The minimum Gasteiger partial charge on any atom is -0.459 e. The van der Waals surface area contributed by atoms with Crippen molar-refractivity contribution in [2.75, 3.05) is 0 Å². The molecule has 0 unspecified atom stereocenters. The maximum Gasteiger partial charge on any atom is 0.341 e. The third-order valence-corrected chi connectivity index (χ3v) is 9.51. The van der Waals surface area contributed by atoms with Gasteiger partial charge < -0.3 is 39.1 Å². The van der Waals surface area contributed by atoms with E-state index in [1.54, 1.807) is 33.8 Å². The summed E-state index contributed by atoms with van der Waals surface area (Å²) in [6.07, 6.45) is 0.272. The Labute approximate surface area is 291 Å². The molecule has 50 heavy (non-hydrogen) atoms.